The SMILES string of the molecule is CC1(C)c2ccccc2-c2c(N(c3ccc4sc5ccccc5c4c3)c3nc(-c4ccc5oc6ccccc6c5c4)nc(-c4ccc5oc6ccccc6c5c4)n3)cccc21. The van der Waals surface area contributed by atoms with Gasteiger partial charge in [0.1, 0.15) is 22.3 Å². The van der Waals surface area contributed by atoms with Gasteiger partial charge in [-0.05, 0) is 95.6 Å². The van der Waals surface area contributed by atoms with E-state index in [0.29, 0.717) is 17.6 Å². The second-order valence-corrected chi connectivity index (χ2v) is 17.5. The third-order valence-corrected chi connectivity index (χ3v) is 13.7. The van der Waals surface area contributed by atoms with Gasteiger partial charge in [0.15, 0.2) is 11.6 Å². The summed E-state index contributed by atoms with van der Waals surface area (Å²) in [4.78, 5) is 18.5. The topological polar surface area (TPSA) is 68.2 Å². The summed E-state index contributed by atoms with van der Waals surface area (Å²) in [6.45, 7) is 4.64. The fourth-order valence-electron chi connectivity index (χ4n) is 9.59. The van der Waals surface area contributed by atoms with Crippen molar-refractivity contribution >= 4 is 92.7 Å². The monoisotopic (exact) mass is 802 g/mol. The molecule has 0 unspecified atom stereocenters. The average Bonchev–Trinajstić information content (AvgIpc) is 4.04. The molecule has 7 heteroatoms. The van der Waals surface area contributed by atoms with Crippen molar-refractivity contribution in [3.63, 3.8) is 0 Å². The highest BCUT2D eigenvalue weighted by atomic mass is 32.1. The van der Waals surface area contributed by atoms with Crippen LogP contribution < -0.4 is 4.90 Å². The fraction of sp³-hybridized carbons (Fsp3) is 0.0556. The van der Waals surface area contributed by atoms with Gasteiger partial charge in [0.25, 0.3) is 0 Å². The van der Waals surface area contributed by atoms with E-state index >= 15 is 0 Å². The highest BCUT2D eigenvalue weighted by molar-refractivity contribution is 7.25. The lowest BCUT2D eigenvalue weighted by Gasteiger charge is -2.27. The summed E-state index contributed by atoms with van der Waals surface area (Å²) in [6, 6.07) is 59.6. The number of thiophene rings is 1. The van der Waals surface area contributed by atoms with Crippen molar-refractivity contribution < 1.29 is 8.83 Å². The quantitative estimate of drug-likeness (QED) is 0.173. The van der Waals surface area contributed by atoms with E-state index in [4.69, 9.17) is 23.8 Å². The summed E-state index contributed by atoms with van der Waals surface area (Å²) in [6.07, 6.45) is 0. The van der Waals surface area contributed by atoms with Crippen molar-refractivity contribution in [1.82, 2.24) is 15.0 Å². The van der Waals surface area contributed by atoms with Crippen LogP contribution in [0.2, 0.25) is 0 Å². The summed E-state index contributed by atoms with van der Waals surface area (Å²) >= 11 is 1.81. The molecular formula is C54H34N4O2S. The Balaban J connectivity index is 1.11. The van der Waals surface area contributed by atoms with Crippen LogP contribution in [0.1, 0.15) is 25.0 Å². The predicted molar refractivity (Wildman–Crippen MR) is 250 cm³/mol. The van der Waals surface area contributed by atoms with E-state index in [1.165, 1.54) is 42.4 Å². The molecule has 1 aliphatic carbocycles. The second-order valence-electron chi connectivity index (χ2n) is 16.4. The third kappa shape index (κ3) is 5.11. The highest BCUT2D eigenvalue weighted by Crippen LogP contribution is 2.54. The molecule has 4 heterocycles. The molecule has 1 aliphatic rings. The molecule has 288 valence electrons. The zero-order valence-electron chi connectivity index (χ0n) is 33.2. The number of anilines is 3. The maximum absolute atomic E-state index is 6.26. The number of rotatable bonds is 5. The minimum atomic E-state index is -0.206. The summed E-state index contributed by atoms with van der Waals surface area (Å²) in [5.41, 5.74) is 11.8. The molecule has 0 atom stereocenters. The van der Waals surface area contributed by atoms with Crippen molar-refractivity contribution in [3.05, 3.63) is 181 Å². The minimum absolute atomic E-state index is 0.206. The van der Waals surface area contributed by atoms with Crippen molar-refractivity contribution in [1.29, 1.82) is 0 Å². The van der Waals surface area contributed by atoms with Gasteiger partial charge < -0.3 is 8.83 Å². The Morgan fingerprint density at radius 2 is 1.03 bits per heavy atom. The van der Waals surface area contributed by atoms with Gasteiger partial charge in [-0.25, -0.2) is 4.98 Å². The van der Waals surface area contributed by atoms with E-state index in [-0.39, 0.29) is 5.41 Å². The van der Waals surface area contributed by atoms with Crippen molar-refractivity contribution in [2.45, 2.75) is 19.3 Å². The lowest BCUT2D eigenvalue weighted by atomic mass is 9.82. The number of hydrogen-bond donors (Lipinski definition) is 0. The van der Waals surface area contributed by atoms with E-state index < -0.39 is 0 Å². The fourth-order valence-corrected chi connectivity index (χ4v) is 10.7. The van der Waals surface area contributed by atoms with Gasteiger partial charge in [-0.15, -0.1) is 11.3 Å². The first kappa shape index (κ1) is 34.3. The maximum Gasteiger partial charge on any atom is 0.238 e. The van der Waals surface area contributed by atoms with Gasteiger partial charge in [-0.3, -0.25) is 4.90 Å². The molecule has 8 aromatic carbocycles. The summed E-state index contributed by atoms with van der Waals surface area (Å²) < 4.78 is 15.0. The first-order chi connectivity index (χ1) is 30.0. The number of aromatic nitrogens is 3. The first-order valence-electron chi connectivity index (χ1n) is 20.5. The average molecular weight is 803 g/mol. The van der Waals surface area contributed by atoms with Crippen LogP contribution in [-0.4, -0.2) is 15.0 Å². The van der Waals surface area contributed by atoms with Crippen LogP contribution in [0.25, 0.3) is 98.0 Å². The standard InChI is InChI=1S/C54H34N4O2S/c1-54(2)41-16-7-3-15-37(41)50-42(54)17-11-18-43(50)58(33-24-27-49-40(30-33)36-14-6-10-21-48(36)61-49)53-56-51(31-22-25-46-38(28-31)34-12-4-8-19-44(34)59-46)55-52(57-53)32-23-26-47-39(29-32)35-13-5-9-20-45(35)60-47/h3-30H,1-2H3. The largest absolute Gasteiger partial charge is 0.456 e. The van der Waals surface area contributed by atoms with Crippen LogP contribution in [0.5, 0.6) is 0 Å². The normalized spacial score (nSPS) is 13.2. The number of para-hydroxylation sites is 2. The van der Waals surface area contributed by atoms with E-state index in [0.717, 1.165) is 66.4 Å². The summed E-state index contributed by atoms with van der Waals surface area (Å²) in [5.74, 6) is 1.64. The molecule has 0 amide bonds. The number of benzene rings is 8. The summed E-state index contributed by atoms with van der Waals surface area (Å²) in [5, 5.41) is 6.53. The smallest absolute Gasteiger partial charge is 0.238 e. The van der Waals surface area contributed by atoms with Gasteiger partial charge in [0.05, 0.1) is 5.69 Å². The number of hydrogen-bond acceptors (Lipinski definition) is 7. The number of nitrogens with zero attached hydrogens (tertiary/aromatic N) is 4. The van der Waals surface area contributed by atoms with Crippen molar-refractivity contribution in [2.75, 3.05) is 4.90 Å². The van der Waals surface area contributed by atoms with E-state index in [2.05, 4.69) is 128 Å². The molecule has 0 aliphatic heterocycles. The van der Waals surface area contributed by atoms with Crippen molar-refractivity contribution in [3.8, 4) is 33.9 Å². The van der Waals surface area contributed by atoms with E-state index in [1.54, 1.807) is 0 Å². The van der Waals surface area contributed by atoms with Crippen LogP contribution >= 0.6 is 11.3 Å². The van der Waals surface area contributed by atoms with E-state index in [9.17, 15) is 0 Å². The summed E-state index contributed by atoms with van der Waals surface area (Å²) in [7, 11) is 0. The minimum Gasteiger partial charge on any atom is -0.456 e. The Morgan fingerprint density at radius 3 is 1.74 bits per heavy atom. The highest BCUT2D eigenvalue weighted by Gasteiger charge is 2.38. The Labute approximate surface area is 354 Å². The molecule has 12 aromatic rings. The van der Waals surface area contributed by atoms with Crippen LogP contribution in [0.4, 0.5) is 17.3 Å². The number of fused-ring (bicyclic) bond motifs is 12. The lowest BCUT2D eigenvalue weighted by Crippen LogP contribution is -2.17. The molecule has 0 bridgehead atoms. The second kappa shape index (κ2) is 12.7. The molecule has 6 nitrogen and oxygen atoms in total. The molecule has 13 rings (SSSR count). The van der Waals surface area contributed by atoms with Gasteiger partial charge >= 0.3 is 0 Å². The van der Waals surface area contributed by atoms with Gasteiger partial charge in [0.2, 0.25) is 5.95 Å². The van der Waals surface area contributed by atoms with Crippen molar-refractivity contribution in [2.24, 2.45) is 0 Å². The van der Waals surface area contributed by atoms with Crippen LogP contribution in [0.15, 0.2) is 179 Å². The zero-order chi connectivity index (χ0) is 40.4. The lowest BCUT2D eigenvalue weighted by molar-refractivity contribution is 0.660. The molecule has 0 fully saturated rings. The van der Waals surface area contributed by atoms with Crippen LogP contribution in [0.3, 0.4) is 0 Å². The van der Waals surface area contributed by atoms with E-state index in [1.807, 2.05) is 72.0 Å². The first-order valence-corrected chi connectivity index (χ1v) is 21.3. The molecule has 0 saturated carbocycles. The van der Waals surface area contributed by atoms with Gasteiger partial charge in [-0.1, -0.05) is 105 Å². The Hall–Kier alpha value is -7.61. The molecule has 0 spiro atoms. The Kier molecular flexibility index (Phi) is 7.13. The molecule has 0 N–H and O–H groups in total. The van der Waals surface area contributed by atoms with Crippen LogP contribution in [-0.2, 0) is 5.41 Å². The molecule has 0 saturated heterocycles. The third-order valence-electron chi connectivity index (χ3n) is 12.5. The molecule has 0 radical (unpaired) electrons. The predicted octanol–water partition coefficient (Wildman–Crippen LogP) is 15.1. The number of furan rings is 2. The molecule has 61 heavy (non-hydrogen) atoms. The van der Waals surface area contributed by atoms with Gasteiger partial charge in [0, 0.05) is 69.5 Å². The van der Waals surface area contributed by atoms with Crippen LogP contribution in [0, 0.1) is 0 Å². The Bertz CT molecular complexity index is 3650. The zero-order valence-corrected chi connectivity index (χ0v) is 34.0. The van der Waals surface area contributed by atoms with Gasteiger partial charge in [-0.2, -0.15) is 9.97 Å². The molecular weight excluding hydrogens is 769 g/mol. The maximum atomic E-state index is 6.26. The molecule has 4 aromatic heterocycles. The Morgan fingerprint density at radius 1 is 0.459 bits per heavy atom.